The molecule has 1 aliphatic heterocycles. The second-order valence-corrected chi connectivity index (χ2v) is 12.5. The van der Waals surface area contributed by atoms with Gasteiger partial charge < -0.3 is 30.5 Å². The third kappa shape index (κ3) is 6.77. The van der Waals surface area contributed by atoms with Gasteiger partial charge in [0.1, 0.15) is 40.5 Å². The van der Waals surface area contributed by atoms with Gasteiger partial charge in [0.2, 0.25) is 17.4 Å². The molecule has 4 aromatic rings. The summed E-state index contributed by atoms with van der Waals surface area (Å²) in [4.78, 5) is 46.6. The molecule has 11 nitrogen and oxygen atoms in total. The molecule has 1 fully saturated rings. The lowest BCUT2D eigenvalue weighted by atomic mass is 9.81. The van der Waals surface area contributed by atoms with Crippen LogP contribution in [0.15, 0.2) is 60.8 Å². The van der Waals surface area contributed by atoms with Gasteiger partial charge in [-0.1, -0.05) is 6.07 Å². The van der Waals surface area contributed by atoms with E-state index in [4.69, 9.17) is 9.47 Å². The van der Waals surface area contributed by atoms with E-state index in [1.165, 1.54) is 38.1 Å². The molecule has 2 aliphatic rings. The van der Waals surface area contributed by atoms with Crippen molar-refractivity contribution in [3.63, 3.8) is 0 Å². The van der Waals surface area contributed by atoms with Gasteiger partial charge in [0, 0.05) is 48.3 Å². The normalized spacial score (nSPS) is 18.1. The smallest absolute Gasteiger partial charge is 0.424 e. The molecule has 2 aromatic carbocycles. The average Bonchev–Trinajstić information content (AvgIpc) is 3.84. The maximum absolute atomic E-state index is 15.0. The number of alkyl halides is 3. The summed E-state index contributed by atoms with van der Waals surface area (Å²) in [6.07, 6.45) is -2.24. The predicted octanol–water partition coefficient (Wildman–Crippen LogP) is 4.06. The van der Waals surface area contributed by atoms with Gasteiger partial charge in [0.25, 0.3) is 5.91 Å². The van der Waals surface area contributed by atoms with E-state index in [1.807, 2.05) is 0 Å². The zero-order valence-corrected chi connectivity index (χ0v) is 27.0. The van der Waals surface area contributed by atoms with Gasteiger partial charge in [0.15, 0.2) is 0 Å². The molecule has 0 saturated heterocycles. The molecule has 15 heteroatoms. The van der Waals surface area contributed by atoms with Crippen LogP contribution < -0.4 is 25.4 Å². The van der Waals surface area contributed by atoms with Crippen LogP contribution in [0.4, 0.5) is 17.6 Å². The Labute approximate surface area is 283 Å². The molecule has 2 atom stereocenters. The van der Waals surface area contributed by atoms with Crippen molar-refractivity contribution < 1.29 is 46.5 Å². The Morgan fingerprint density at radius 3 is 2.44 bits per heavy atom. The largest absolute Gasteiger partial charge is 0.489 e. The van der Waals surface area contributed by atoms with Crippen LogP contribution in [-0.2, 0) is 20.6 Å². The van der Waals surface area contributed by atoms with Crippen molar-refractivity contribution in [3.05, 3.63) is 83.4 Å². The van der Waals surface area contributed by atoms with Crippen LogP contribution in [0.5, 0.6) is 11.5 Å². The van der Waals surface area contributed by atoms with Crippen LogP contribution in [0, 0.1) is 5.82 Å². The predicted molar refractivity (Wildman–Crippen MR) is 172 cm³/mol. The number of rotatable bonds is 11. The SMILES string of the molecule is CC(=O)NCCNC(=O)[C@@]1(C)COc2c1cc(C(O)(CNC(=O)c1cc(OC3CC3)c3ncccc3c1)C(F)(F)F)nc2-c1ccc(F)cc1. The molecule has 3 heterocycles. The number of carbonyl (C=O) groups is 3. The van der Waals surface area contributed by atoms with Crippen molar-refractivity contribution in [2.75, 3.05) is 26.2 Å². The van der Waals surface area contributed by atoms with E-state index in [1.54, 1.807) is 18.3 Å². The molecular weight excluding hydrogens is 662 g/mol. The fourth-order valence-corrected chi connectivity index (χ4v) is 5.59. The minimum Gasteiger partial charge on any atom is -0.489 e. The molecule has 262 valence electrons. The Balaban J connectivity index is 1.37. The van der Waals surface area contributed by atoms with E-state index in [0.717, 1.165) is 31.0 Å². The molecule has 4 N–H and O–H groups in total. The zero-order valence-electron chi connectivity index (χ0n) is 27.0. The highest BCUT2D eigenvalue weighted by atomic mass is 19.4. The number of aromatic nitrogens is 2. The number of halogens is 4. The summed E-state index contributed by atoms with van der Waals surface area (Å²) in [5.41, 5.74) is -5.82. The van der Waals surface area contributed by atoms with Crippen LogP contribution in [-0.4, -0.2) is 71.3 Å². The van der Waals surface area contributed by atoms with E-state index in [9.17, 15) is 37.1 Å². The lowest BCUT2D eigenvalue weighted by Gasteiger charge is -2.31. The molecule has 50 heavy (non-hydrogen) atoms. The summed E-state index contributed by atoms with van der Waals surface area (Å²) >= 11 is 0. The van der Waals surface area contributed by atoms with Crippen LogP contribution >= 0.6 is 0 Å². The quantitative estimate of drug-likeness (QED) is 0.136. The lowest BCUT2D eigenvalue weighted by molar-refractivity contribution is -0.265. The van der Waals surface area contributed by atoms with E-state index in [-0.39, 0.29) is 59.8 Å². The molecule has 6 rings (SSSR count). The number of benzene rings is 2. The molecule has 3 amide bonds. The Hall–Kier alpha value is -5.31. The summed E-state index contributed by atoms with van der Waals surface area (Å²) < 4.78 is 70.5. The number of pyridine rings is 2. The van der Waals surface area contributed by atoms with Gasteiger partial charge in [-0.3, -0.25) is 19.4 Å². The fraction of sp³-hybridized carbons (Fsp3) is 0.343. The maximum Gasteiger partial charge on any atom is 0.424 e. The minimum absolute atomic E-state index is 0.0167. The van der Waals surface area contributed by atoms with Crippen molar-refractivity contribution in [1.29, 1.82) is 0 Å². The highest BCUT2D eigenvalue weighted by Gasteiger charge is 2.58. The lowest BCUT2D eigenvalue weighted by Crippen LogP contribution is -2.52. The Morgan fingerprint density at radius 1 is 1.04 bits per heavy atom. The third-order valence-corrected chi connectivity index (χ3v) is 8.62. The van der Waals surface area contributed by atoms with Gasteiger partial charge in [0.05, 0.1) is 18.3 Å². The molecule has 1 unspecified atom stereocenters. The van der Waals surface area contributed by atoms with E-state index >= 15 is 0 Å². The molecule has 0 radical (unpaired) electrons. The topological polar surface area (TPSA) is 152 Å². The minimum atomic E-state index is -5.38. The number of hydrogen-bond donors (Lipinski definition) is 4. The van der Waals surface area contributed by atoms with E-state index < -0.39 is 47.1 Å². The summed E-state index contributed by atoms with van der Waals surface area (Å²) in [6.45, 7) is 1.23. The monoisotopic (exact) mass is 695 g/mol. The van der Waals surface area contributed by atoms with Crippen molar-refractivity contribution in [3.8, 4) is 22.8 Å². The van der Waals surface area contributed by atoms with Crippen LogP contribution in [0.3, 0.4) is 0 Å². The van der Waals surface area contributed by atoms with Crippen molar-refractivity contribution >= 4 is 28.6 Å². The maximum atomic E-state index is 15.0. The molecule has 0 bridgehead atoms. The molecule has 1 saturated carbocycles. The first-order chi connectivity index (χ1) is 23.7. The third-order valence-electron chi connectivity index (χ3n) is 8.62. The Morgan fingerprint density at radius 2 is 1.76 bits per heavy atom. The highest BCUT2D eigenvalue weighted by Crippen LogP contribution is 2.48. The second-order valence-electron chi connectivity index (χ2n) is 12.5. The number of amides is 3. The second kappa shape index (κ2) is 13.2. The van der Waals surface area contributed by atoms with Crippen molar-refractivity contribution in [2.24, 2.45) is 0 Å². The number of fused-ring (bicyclic) bond motifs is 2. The zero-order chi connectivity index (χ0) is 35.8. The summed E-state index contributed by atoms with van der Waals surface area (Å²) in [5, 5.41) is 19.4. The van der Waals surface area contributed by atoms with Gasteiger partial charge in [-0.05, 0) is 68.3 Å². The van der Waals surface area contributed by atoms with Crippen molar-refractivity contribution in [1.82, 2.24) is 25.9 Å². The molecular formula is C35H33F4N5O6. The van der Waals surface area contributed by atoms with E-state index in [2.05, 4.69) is 25.9 Å². The average molecular weight is 696 g/mol. The highest BCUT2D eigenvalue weighted by molar-refractivity contribution is 6.00. The number of aliphatic hydroxyl groups is 1. The first-order valence-corrected chi connectivity index (χ1v) is 15.8. The standard InChI is InChI=1S/C35H33F4N5O6/c1-19(45)40-12-13-42-32(47)33(2)18-49-30-25(33)16-27(44-29(30)20-5-7-23(36)8-6-20)34(48,35(37,38)39)17-43-31(46)22-14-21-4-3-11-41-28(21)26(15-22)50-24-9-10-24/h3-8,11,14-16,24,48H,9-10,12-13,17-18H2,1-2H3,(H,40,45)(H,42,47)(H,43,46)/t33-,34?/m0/s1. The summed E-state index contributed by atoms with van der Waals surface area (Å²) in [6, 6.07) is 11.8. The first-order valence-electron chi connectivity index (χ1n) is 15.8. The summed E-state index contributed by atoms with van der Waals surface area (Å²) in [5.74, 6) is -2.20. The number of nitrogens with zero attached hydrogens (tertiary/aromatic N) is 2. The Kier molecular flexibility index (Phi) is 9.12. The fourth-order valence-electron chi connectivity index (χ4n) is 5.59. The number of carbonyl (C=O) groups excluding carboxylic acids is 3. The molecule has 2 aromatic heterocycles. The van der Waals surface area contributed by atoms with Crippen LogP contribution in [0.1, 0.15) is 48.3 Å². The Bertz CT molecular complexity index is 1970. The number of ether oxygens (including phenoxy) is 2. The number of nitrogens with one attached hydrogen (secondary N) is 3. The first kappa shape index (κ1) is 34.5. The van der Waals surface area contributed by atoms with Gasteiger partial charge in [-0.15, -0.1) is 0 Å². The van der Waals surface area contributed by atoms with Gasteiger partial charge >= 0.3 is 6.18 Å². The van der Waals surface area contributed by atoms with Crippen LogP contribution in [0.25, 0.3) is 22.2 Å². The molecule has 0 spiro atoms. The van der Waals surface area contributed by atoms with E-state index in [0.29, 0.717) is 16.7 Å². The summed E-state index contributed by atoms with van der Waals surface area (Å²) in [7, 11) is 0. The van der Waals surface area contributed by atoms with Crippen molar-refractivity contribution in [2.45, 2.75) is 50.0 Å². The molecule has 1 aliphatic carbocycles. The van der Waals surface area contributed by atoms with Crippen LogP contribution in [0.2, 0.25) is 0 Å². The van der Waals surface area contributed by atoms with Gasteiger partial charge in [-0.2, -0.15) is 13.2 Å². The number of hydrogen-bond acceptors (Lipinski definition) is 8. The van der Waals surface area contributed by atoms with Gasteiger partial charge in [-0.25, -0.2) is 9.37 Å².